The Labute approximate surface area is 108 Å². The van der Waals surface area contributed by atoms with Crippen molar-refractivity contribution in [1.29, 1.82) is 0 Å². The third-order valence-electron chi connectivity index (χ3n) is 2.80. The molecule has 0 heterocycles. The molecule has 2 aromatic carbocycles. The molecule has 0 unspecified atom stereocenters. The second-order valence-corrected chi connectivity index (χ2v) is 3.96. The van der Waals surface area contributed by atoms with Crippen molar-refractivity contribution in [3.63, 3.8) is 0 Å². The van der Waals surface area contributed by atoms with Crippen LogP contribution in [0.25, 0.3) is 0 Å². The highest BCUT2D eigenvalue weighted by molar-refractivity contribution is 5.88. The molecule has 0 aliphatic heterocycles. The molecule has 1 N–H and O–H groups in total. The van der Waals surface area contributed by atoms with Crippen molar-refractivity contribution in [3.05, 3.63) is 59.7 Å². The van der Waals surface area contributed by atoms with Crippen LogP contribution in [0.1, 0.15) is 10.4 Å². The van der Waals surface area contributed by atoms with Crippen LogP contribution in [0.5, 0.6) is 0 Å². The summed E-state index contributed by atoms with van der Waals surface area (Å²) in [5.74, 6) is -4.02. The van der Waals surface area contributed by atoms with Gasteiger partial charge in [-0.15, -0.1) is 0 Å². The van der Waals surface area contributed by atoms with E-state index in [0.29, 0.717) is 5.69 Å². The van der Waals surface area contributed by atoms with Crippen LogP contribution in [-0.2, 0) is 0 Å². The average molecular weight is 263 g/mol. The van der Waals surface area contributed by atoms with E-state index in [-0.39, 0.29) is 5.69 Å². The molecule has 98 valence electrons. The van der Waals surface area contributed by atoms with Gasteiger partial charge < -0.3 is 10.0 Å². The van der Waals surface area contributed by atoms with Crippen molar-refractivity contribution in [2.24, 2.45) is 0 Å². The van der Waals surface area contributed by atoms with E-state index in [4.69, 9.17) is 5.11 Å². The summed E-state index contributed by atoms with van der Waals surface area (Å²) < 4.78 is 27.5. The van der Waals surface area contributed by atoms with Crippen LogP contribution < -0.4 is 4.90 Å². The van der Waals surface area contributed by atoms with E-state index in [2.05, 4.69) is 0 Å². The maximum atomic E-state index is 13.9. The standard InChI is InChI=1S/C14H11F2NO2/c1-17(9-5-3-2-4-6-9)11-8-7-10(14(18)19)12(15)13(11)16/h2-8H,1H3,(H,18,19). The van der Waals surface area contributed by atoms with Crippen LogP contribution in [0.3, 0.4) is 0 Å². The van der Waals surface area contributed by atoms with Crippen LogP contribution in [0.15, 0.2) is 42.5 Å². The number of carbonyl (C=O) groups is 1. The quantitative estimate of drug-likeness (QED) is 0.922. The van der Waals surface area contributed by atoms with Crippen LogP contribution >= 0.6 is 0 Å². The van der Waals surface area contributed by atoms with Gasteiger partial charge >= 0.3 is 5.97 Å². The average Bonchev–Trinajstić information content (AvgIpc) is 2.41. The minimum atomic E-state index is -1.50. The van der Waals surface area contributed by atoms with Crippen LogP contribution in [0.2, 0.25) is 0 Å². The number of rotatable bonds is 3. The fourth-order valence-corrected chi connectivity index (χ4v) is 1.75. The fourth-order valence-electron chi connectivity index (χ4n) is 1.75. The van der Waals surface area contributed by atoms with E-state index >= 15 is 0 Å². The Kier molecular flexibility index (Phi) is 3.46. The van der Waals surface area contributed by atoms with Crippen molar-refractivity contribution in [3.8, 4) is 0 Å². The number of carboxylic acids is 1. The highest BCUT2D eigenvalue weighted by Crippen LogP contribution is 2.28. The highest BCUT2D eigenvalue weighted by atomic mass is 19.2. The van der Waals surface area contributed by atoms with Gasteiger partial charge in [0.2, 0.25) is 0 Å². The molecule has 2 aromatic rings. The molecule has 0 aromatic heterocycles. The number of carboxylic acid groups (broad SMARTS) is 1. The molecule has 2 rings (SSSR count). The van der Waals surface area contributed by atoms with Gasteiger partial charge in [-0.3, -0.25) is 0 Å². The molecule has 0 spiro atoms. The molecule has 0 fully saturated rings. The summed E-state index contributed by atoms with van der Waals surface area (Å²) in [4.78, 5) is 12.2. The Bertz CT molecular complexity index is 614. The normalized spacial score (nSPS) is 10.3. The Morgan fingerprint density at radius 1 is 1.05 bits per heavy atom. The molecule has 3 nitrogen and oxygen atoms in total. The monoisotopic (exact) mass is 263 g/mol. The van der Waals surface area contributed by atoms with Gasteiger partial charge in [0.05, 0.1) is 11.3 Å². The van der Waals surface area contributed by atoms with Gasteiger partial charge in [0.15, 0.2) is 11.6 Å². The third-order valence-corrected chi connectivity index (χ3v) is 2.80. The lowest BCUT2D eigenvalue weighted by Gasteiger charge is -2.20. The molecule has 0 saturated heterocycles. The Hall–Kier alpha value is -2.43. The lowest BCUT2D eigenvalue weighted by Crippen LogP contribution is -2.13. The number of benzene rings is 2. The number of nitrogens with zero attached hydrogens (tertiary/aromatic N) is 1. The van der Waals surface area contributed by atoms with Gasteiger partial charge in [-0.25, -0.2) is 13.6 Å². The Morgan fingerprint density at radius 2 is 1.68 bits per heavy atom. The van der Waals surface area contributed by atoms with Crippen LogP contribution in [-0.4, -0.2) is 18.1 Å². The second kappa shape index (κ2) is 5.06. The maximum Gasteiger partial charge on any atom is 0.338 e. The lowest BCUT2D eigenvalue weighted by atomic mass is 10.1. The maximum absolute atomic E-state index is 13.9. The molecule has 0 radical (unpaired) electrons. The molecule has 0 aliphatic rings. The topological polar surface area (TPSA) is 40.5 Å². The van der Waals surface area contributed by atoms with Crippen LogP contribution in [0.4, 0.5) is 20.2 Å². The molecular weight excluding hydrogens is 252 g/mol. The summed E-state index contributed by atoms with van der Waals surface area (Å²) in [6, 6.07) is 11.1. The van der Waals surface area contributed by atoms with Gasteiger partial charge in [-0.1, -0.05) is 18.2 Å². The van der Waals surface area contributed by atoms with Crippen molar-refractivity contribution in [2.75, 3.05) is 11.9 Å². The Morgan fingerprint density at radius 3 is 2.26 bits per heavy atom. The first-order chi connectivity index (χ1) is 9.02. The van der Waals surface area contributed by atoms with Crippen molar-refractivity contribution in [2.45, 2.75) is 0 Å². The van der Waals surface area contributed by atoms with Crippen molar-refractivity contribution in [1.82, 2.24) is 0 Å². The third kappa shape index (κ3) is 2.40. The van der Waals surface area contributed by atoms with Gasteiger partial charge in [0.1, 0.15) is 0 Å². The minimum Gasteiger partial charge on any atom is -0.478 e. The summed E-state index contributed by atoms with van der Waals surface area (Å²) in [6.07, 6.45) is 0. The molecule has 19 heavy (non-hydrogen) atoms. The lowest BCUT2D eigenvalue weighted by molar-refractivity contribution is 0.0690. The van der Waals surface area contributed by atoms with Gasteiger partial charge in [-0.05, 0) is 24.3 Å². The molecule has 0 atom stereocenters. The zero-order valence-electron chi connectivity index (χ0n) is 10.1. The number of halogens is 2. The first-order valence-corrected chi connectivity index (χ1v) is 5.52. The van der Waals surface area contributed by atoms with E-state index in [9.17, 15) is 13.6 Å². The smallest absolute Gasteiger partial charge is 0.338 e. The number of anilines is 2. The second-order valence-electron chi connectivity index (χ2n) is 3.96. The zero-order valence-corrected chi connectivity index (χ0v) is 10.1. The summed E-state index contributed by atoms with van der Waals surface area (Å²) in [7, 11) is 1.58. The molecular formula is C14H11F2NO2. The SMILES string of the molecule is CN(c1ccccc1)c1ccc(C(=O)O)c(F)c1F. The molecule has 5 heteroatoms. The van der Waals surface area contributed by atoms with E-state index in [1.165, 1.54) is 11.0 Å². The summed E-state index contributed by atoms with van der Waals surface area (Å²) in [6.45, 7) is 0. The van der Waals surface area contributed by atoms with Crippen molar-refractivity contribution < 1.29 is 18.7 Å². The van der Waals surface area contributed by atoms with E-state index in [0.717, 1.165) is 6.07 Å². The largest absolute Gasteiger partial charge is 0.478 e. The summed E-state index contributed by atoms with van der Waals surface area (Å²) in [5.41, 5.74) is -0.0275. The van der Waals surface area contributed by atoms with Gasteiger partial charge in [0, 0.05) is 12.7 Å². The molecule has 0 bridgehead atoms. The number of aromatic carboxylic acids is 1. The molecule has 0 saturated carbocycles. The van der Waals surface area contributed by atoms with E-state index in [1.54, 1.807) is 31.3 Å². The number of hydrogen-bond donors (Lipinski definition) is 1. The first-order valence-electron chi connectivity index (χ1n) is 5.52. The summed E-state index contributed by atoms with van der Waals surface area (Å²) >= 11 is 0. The molecule has 0 amide bonds. The first kappa shape index (κ1) is 13.0. The van der Waals surface area contributed by atoms with Crippen LogP contribution in [0, 0.1) is 11.6 Å². The van der Waals surface area contributed by atoms with E-state index < -0.39 is 23.2 Å². The fraction of sp³-hybridized carbons (Fsp3) is 0.0714. The number of para-hydroxylation sites is 1. The molecule has 0 aliphatic carbocycles. The number of hydrogen-bond acceptors (Lipinski definition) is 2. The Balaban J connectivity index is 2.47. The summed E-state index contributed by atoms with van der Waals surface area (Å²) in [5, 5.41) is 8.72. The van der Waals surface area contributed by atoms with Gasteiger partial charge in [-0.2, -0.15) is 0 Å². The zero-order chi connectivity index (χ0) is 14.0. The van der Waals surface area contributed by atoms with Crippen molar-refractivity contribution >= 4 is 17.3 Å². The minimum absolute atomic E-state index is 0.0197. The van der Waals surface area contributed by atoms with Gasteiger partial charge in [0.25, 0.3) is 0 Å². The highest BCUT2D eigenvalue weighted by Gasteiger charge is 2.20. The van der Waals surface area contributed by atoms with E-state index in [1.807, 2.05) is 6.07 Å². The predicted octanol–water partition coefficient (Wildman–Crippen LogP) is 3.43. The predicted molar refractivity (Wildman–Crippen MR) is 67.8 cm³/mol.